The van der Waals surface area contributed by atoms with E-state index >= 15 is 0 Å². The topological polar surface area (TPSA) is 26.3 Å². The van der Waals surface area contributed by atoms with Crippen LogP contribution in [0.3, 0.4) is 0 Å². The SMILES string of the molecule is COc1c(Br)ccc(C(C)=O)c1C(F)(F)F. The number of hydrogen-bond acceptors (Lipinski definition) is 2. The average Bonchev–Trinajstić information content (AvgIpc) is 2.15. The van der Waals surface area contributed by atoms with Gasteiger partial charge in [0, 0.05) is 5.56 Å². The maximum Gasteiger partial charge on any atom is 0.420 e. The van der Waals surface area contributed by atoms with Crippen molar-refractivity contribution in [1.29, 1.82) is 0 Å². The number of rotatable bonds is 2. The minimum absolute atomic E-state index is 0.160. The summed E-state index contributed by atoms with van der Waals surface area (Å²) in [4.78, 5) is 11.1. The van der Waals surface area contributed by atoms with Crippen LogP contribution >= 0.6 is 15.9 Å². The highest BCUT2D eigenvalue weighted by molar-refractivity contribution is 9.10. The molecule has 0 saturated heterocycles. The van der Waals surface area contributed by atoms with Gasteiger partial charge < -0.3 is 4.74 Å². The lowest BCUT2D eigenvalue weighted by Crippen LogP contribution is -2.14. The van der Waals surface area contributed by atoms with Crippen LogP contribution in [0.25, 0.3) is 0 Å². The summed E-state index contributed by atoms with van der Waals surface area (Å²) in [6, 6.07) is 2.47. The number of hydrogen-bond donors (Lipinski definition) is 0. The van der Waals surface area contributed by atoms with Gasteiger partial charge in [0.05, 0.1) is 11.6 Å². The van der Waals surface area contributed by atoms with Crippen molar-refractivity contribution in [3.8, 4) is 5.75 Å². The first-order chi connectivity index (χ1) is 7.29. The maximum absolute atomic E-state index is 12.8. The second-order valence-electron chi connectivity index (χ2n) is 3.06. The normalized spacial score (nSPS) is 11.4. The van der Waals surface area contributed by atoms with Gasteiger partial charge in [0.25, 0.3) is 0 Å². The summed E-state index contributed by atoms with van der Waals surface area (Å²) < 4.78 is 43.2. The number of methoxy groups -OCH3 is 1. The molecule has 0 saturated carbocycles. The lowest BCUT2D eigenvalue weighted by Gasteiger charge is -2.16. The summed E-state index contributed by atoms with van der Waals surface area (Å²) in [6.45, 7) is 1.08. The van der Waals surface area contributed by atoms with Crippen LogP contribution in [0.1, 0.15) is 22.8 Å². The van der Waals surface area contributed by atoms with Gasteiger partial charge in [-0.15, -0.1) is 0 Å². The van der Waals surface area contributed by atoms with E-state index in [4.69, 9.17) is 0 Å². The Hall–Kier alpha value is -1.04. The molecule has 0 amide bonds. The van der Waals surface area contributed by atoms with Gasteiger partial charge in [-0.2, -0.15) is 13.2 Å². The molecule has 16 heavy (non-hydrogen) atoms. The highest BCUT2D eigenvalue weighted by atomic mass is 79.9. The summed E-state index contributed by atoms with van der Waals surface area (Å²) in [6.07, 6.45) is -4.63. The predicted molar refractivity (Wildman–Crippen MR) is 55.7 cm³/mol. The van der Waals surface area contributed by atoms with E-state index in [1.54, 1.807) is 0 Å². The Labute approximate surface area is 98.5 Å². The second-order valence-corrected chi connectivity index (χ2v) is 3.91. The molecule has 0 radical (unpaired) electrons. The zero-order valence-electron chi connectivity index (χ0n) is 8.48. The third kappa shape index (κ3) is 2.37. The van der Waals surface area contributed by atoms with Gasteiger partial charge in [-0.25, -0.2) is 0 Å². The zero-order chi connectivity index (χ0) is 12.5. The molecule has 1 rings (SSSR count). The Morgan fingerprint density at radius 3 is 2.31 bits per heavy atom. The van der Waals surface area contributed by atoms with Gasteiger partial charge >= 0.3 is 6.18 Å². The number of ketones is 1. The molecular formula is C10H8BrF3O2. The fraction of sp³-hybridized carbons (Fsp3) is 0.300. The molecule has 88 valence electrons. The predicted octanol–water partition coefficient (Wildman–Crippen LogP) is 3.68. The number of benzene rings is 1. The van der Waals surface area contributed by atoms with Crippen molar-refractivity contribution in [2.24, 2.45) is 0 Å². The van der Waals surface area contributed by atoms with E-state index in [0.717, 1.165) is 20.1 Å². The van der Waals surface area contributed by atoms with E-state index in [9.17, 15) is 18.0 Å². The average molecular weight is 297 g/mol. The molecule has 0 heterocycles. The number of ether oxygens (including phenoxy) is 1. The summed E-state index contributed by atoms with van der Waals surface area (Å²) in [5.74, 6) is -1.03. The summed E-state index contributed by atoms with van der Waals surface area (Å²) >= 11 is 2.95. The van der Waals surface area contributed by atoms with Crippen LogP contribution in [0.4, 0.5) is 13.2 Å². The van der Waals surface area contributed by atoms with Crippen molar-refractivity contribution >= 4 is 21.7 Å². The Kier molecular flexibility index (Phi) is 3.62. The molecule has 0 spiro atoms. The number of alkyl halides is 3. The van der Waals surface area contributed by atoms with Crippen molar-refractivity contribution in [2.45, 2.75) is 13.1 Å². The van der Waals surface area contributed by atoms with Gasteiger partial charge in [0.1, 0.15) is 11.3 Å². The lowest BCUT2D eigenvalue weighted by atomic mass is 10.0. The summed E-state index contributed by atoms with van der Waals surface area (Å²) in [5.41, 5.74) is -1.44. The highest BCUT2D eigenvalue weighted by Gasteiger charge is 2.39. The van der Waals surface area contributed by atoms with Gasteiger partial charge in [-0.3, -0.25) is 4.79 Å². The number of carbonyl (C=O) groups excluding carboxylic acids is 1. The Balaban J connectivity index is 3.61. The minimum atomic E-state index is -4.63. The van der Waals surface area contributed by atoms with Crippen molar-refractivity contribution in [2.75, 3.05) is 7.11 Å². The van der Waals surface area contributed by atoms with E-state index in [1.807, 2.05) is 0 Å². The number of carbonyl (C=O) groups is 1. The van der Waals surface area contributed by atoms with E-state index in [2.05, 4.69) is 20.7 Å². The third-order valence-electron chi connectivity index (χ3n) is 1.98. The monoisotopic (exact) mass is 296 g/mol. The number of Topliss-reactive ketones (excluding diaryl/α,β-unsaturated/α-hetero) is 1. The molecule has 0 aliphatic rings. The smallest absolute Gasteiger partial charge is 0.420 e. The molecular weight excluding hydrogens is 289 g/mol. The molecule has 6 heteroatoms. The quantitative estimate of drug-likeness (QED) is 0.778. The van der Waals surface area contributed by atoms with E-state index in [1.165, 1.54) is 6.07 Å². The van der Waals surface area contributed by atoms with Crippen molar-refractivity contribution < 1.29 is 22.7 Å². The second kappa shape index (κ2) is 4.45. The fourth-order valence-electron chi connectivity index (χ4n) is 1.33. The standard InChI is InChI=1S/C10H8BrF3O2/c1-5(15)6-3-4-7(11)9(16-2)8(6)10(12,13)14/h3-4H,1-2H3. The molecule has 0 fully saturated rings. The molecule has 1 aromatic rings. The third-order valence-corrected chi connectivity index (χ3v) is 2.60. The molecule has 0 N–H and O–H groups in total. The largest absolute Gasteiger partial charge is 0.495 e. The van der Waals surface area contributed by atoms with Crippen molar-refractivity contribution in [1.82, 2.24) is 0 Å². The lowest BCUT2D eigenvalue weighted by molar-refractivity contribution is -0.139. The first-order valence-corrected chi connectivity index (χ1v) is 5.03. The molecule has 2 nitrogen and oxygen atoms in total. The van der Waals surface area contributed by atoms with E-state index < -0.39 is 23.1 Å². The van der Waals surface area contributed by atoms with Gasteiger partial charge in [0.15, 0.2) is 5.78 Å². The van der Waals surface area contributed by atoms with E-state index in [-0.39, 0.29) is 10.2 Å². The molecule has 0 unspecified atom stereocenters. The molecule has 0 aromatic heterocycles. The molecule has 0 aliphatic heterocycles. The first-order valence-electron chi connectivity index (χ1n) is 4.23. The van der Waals surface area contributed by atoms with Crippen LogP contribution in [-0.2, 0) is 6.18 Å². The molecule has 1 aromatic carbocycles. The van der Waals surface area contributed by atoms with Gasteiger partial charge in [-0.1, -0.05) is 0 Å². The maximum atomic E-state index is 12.8. The van der Waals surface area contributed by atoms with Crippen LogP contribution in [0.15, 0.2) is 16.6 Å². The van der Waals surface area contributed by atoms with Gasteiger partial charge in [0.2, 0.25) is 0 Å². The Bertz CT molecular complexity index is 427. The zero-order valence-corrected chi connectivity index (χ0v) is 10.1. The molecule has 0 aliphatic carbocycles. The van der Waals surface area contributed by atoms with Gasteiger partial charge in [-0.05, 0) is 35.0 Å². The fourth-order valence-corrected chi connectivity index (χ4v) is 1.82. The molecule has 0 bridgehead atoms. The van der Waals surface area contributed by atoms with Crippen molar-refractivity contribution in [3.05, 3.63) is 27.7 Å². The Morgan fingerprint density at radius 1 is 1.38 bits per heavy atom. The van der Waals surface area contributed by atoms with E-state index in [0.29, 0.717) is 0 Å². The van der Waals surface area contributed by atoms with Crippen LogP contribution in [0.2, 0.25) is 0 Å². The van der Waals surface area contributed by atoms with Crippen LogP contribution in [0.5, 0.6) is 5.75 Å². The van der Waals surface area contributed by atoms with Crippen LogP contribution in [-0.4, -0.2) is 12.9 Å². The summed E-state index contributed by atoms with van der Waals surface area (Å²) in [7, 11) is 1.12. The first kappa shape index (κ1) is 13.0. The minimum Gasteiger partial charge on any atom is -0.495 e. The van der Waals surface area contributed by atoms with Crippen LogP contribution in [0, 0.1) is 0 Å². The molecule has 0 atom stereocenters. The Morgan fingerprint density at radius 2 is 1.94 bits per heavy atom. The van der Waals surface area contributed by atoms with Crippen LogP contribution < -0.4 is 4.74 Å². The highest BCUT2D eigenvalue weighted by Crippen LogP contribution is 2.42. The van der Waals surface area contributed by atoms with Crippen molar-refractivity contribution in [3.63, 3.8) is 0 Å². The summed E-state index contributed by atoms with van der Waals surface area (Å²) in [5, 5.41) is 0. The number of halogens is 4.